The number of benzene rings is 8. The number of anilines is 6. The standard InChI is InChI=1S/C49H34F4N2/c1-49(2)40-22-12-11-21-38(40)39-29-28-36(30-41(39)49)54(33-16-5-3-6-17-33)35-26-24-32(25-27-35)43-44(50)46(52)48(47(53)45(43)51)55(34-18-7-4-8-19-34)42-23-13-15-31-14-9-10-20-37(31)42/h3-30H,1-2H3. The largest absolute Gasteiger partial charge is 0.310 e. The summed E-state index contributed by atoms with van der Waals surface area (Å²) in [5.74, 6) is -5.96. The molecule has 0 aromatic heterocycles. The highest BCUT2D eigenvalue weighted by Crippen LogP contribution is 2.51. The fourth-order valence-corrected chi connectivity index (χ4v) is 8.07. The molecule has 0 radical (unpaired) electrons. The molecule has 268 valence electrons. The Bertz CT molecular complexity index is 2690. The van der Waals surface area contributed by atoms with Gasteiger partial charge in [-0.15, -0.1) is 0 Å². The summed E-state index contributed by atoms with van der Waals surface area (Å²) in [7, 11) is 0. The van der Waals surface area contributed by atoms with Crippen LogP contribution in [0, 0.1) is 23.3 Å². The lowest BCUT2D eigenvalue weighted by Crippen LogP contribution is -2.17. The van der Waals surface area contributed by atoms with Crippen LogP contribution in [-0.4, -0.2) is 0 Å². The minimum Gasteiger partial charge on any atom is -0.310 e. The average molecular weight is 727 g/mol. The molecule has 1 aliphatic carbocycles. The summed E-state index contributed by atoms with van der Waals surface area (Å²) in [5.41, 5.74) is 6.17. The smallest absolute Gasteiger partial charge is 0.186 e. The topological polar surface area (TPSA) is 6.48 Å². The second-order valence-electron chi connectivity index (χ2n) is 14.3. The summed E-state index contributed by atoms with van der Waals surface area (Å²) in [6, 6.07) is 52.1. The fraction of sp³-hybridized carbons (Fsp3) is 0.0612. The minimum absolute atomic E-state index is 0.00179. The van der Waals surface area contributed by atoms with Crippen molar-refractivity contribution in [2.45, 2.75) is 19.3 Å². The van der Waals surface area contributed by atoms with Gasteiger partial charge in [-0.05, 0) is 87.8 Å². The van der Waals surface area contributed by atoms with Crippen LogP contribution in [0.1, 0.15) is 25.0 Å². The molecule has 0 saturated heterocycles. The van der Waals surface area contributed by atoms with Crippen LogP contribution >= 0.6 is 0 Å². The van der Waals surface area contributed by atoms with E-state index in [2.05, 4.69) is 61.2 Å². The number of rotatable bonds is 7. The van der Waals surface area contributed by atoms with Gasteiger partial charge in [0.15, 0.2) is 23.3 Å². The van der Waals surface area contributed by atoms with E-state index in [1.54, 1.807) is 66.7 Å². The molecule has 0 unspecified atom stereocenters. The van der Waals surface area contributed by atoms with E-state index < -0.39 is 34.5 Å². The van der Waals surface area contributed by atoms with Gasteiger partial charge in [0, 0.05) is 33.6 Å². The molecule has 0 aliphatic heterocycles. The molecule has 0 fully saturated rings. The number of hydrogen-bond acceptors (Lipinski definition) is 2. The summed E-state index contributed by atoms with van der Waals surface area (Å²) in [4.78, 5) is 3.29. The Morgan fingerprint density at radius 3 is 1.64 bits per heavy atom. The third kappa shape index (κ3) is 5.56. The fourth-order valence-electron chi connectivity index (χ4n) is 8.07. The van der Waals surface area contributed by atoms with Gasteiger partial charge in [-0.25, -0.2) is 17.6 Å². The lowest BCUT2D eigenvalue weighted by molar-refractivity contribution is 0.461. The van der Waals surface area contributed by atoms with Crippen molar-refractivity contribution in [2.24, 2.45) is 0 Å². The summed E-state index contributed by atoms with van der Waals surface area (Å²) in [5, 5.41) is 1.46. The molecule has 55 heavy (non-hydrogen) atoms. The zero-order valence-electron chi connectivity index (χ0n) is 30.1. The molecule has 0 saturated carbocycles. The molecule has 0 amide bonds. The quantitative estimate of drug-likeness (QED) is 0.119. The van der Waals surface area contributed by atoms with Crippen molar-refractivity contribution in [3.63, 3.8) is 0 Å². The maximum atomic E-state index is 16.5. The zero-order chi connectivity index (χ0) is 37.8. The Hall–Kier alpha value is -6.66. The normalized spacial score (nSPS) is 12.7. The van der Waals surface area contributed by atoms with Crippen molar-refractivity contribution in [2.75, 3.05) is 9.80 Å². The van der Waals surface area contributed by atoms with Crippen molar-refractivity contribution in [1.82, 2.24) is 0 Å². The molecule has 2 nitrogen and oxygen atoms in total. The highest BCUT2D eigenvalue weighted by molar-refractivity contribution is 5.99. The van der Waals surface area contributed by atoms with E-state index in [0.29, 0.717) is 22.4 Å². The van der Waals surface area contributed by atoms with Crippen LogP contribution in [0.3, 0.4) is 0 Å². The molecule has 0 spiro atoms. The summed E-state index contributed by atoms with van der Waals surface area (Å²) >= 11 is 0. The van der Waals surface area contributed by atoms with Crippen LogP contribution in [-0.2, 0) is 5.41 Å². The second kappa shape index (κ2) is 13.3. The number of hydrogen-bond donors (Lipinski definition) is 0. The number of fused-ring (bicyclic) bond motifs is 4. The van der Waals surface area contributed by atoms with E-state index in [-0.39, 0.29) is 11.0 Å². The maximum absolute atomic E-state index is 16.5. The highest BCUT2D eigenvalue weighted by atomic mass is 19.2. The Kier molecular flexibility index (Phi) is 8.27. The molecule has 1 aliphatic rings. The van der Waals surface area contributed by atoms with Crippen LogP contribution in [0.4, 0.5) is 51.7 Å². The number of nitrogens with zero attached hydrogens (tertiary/aromatic N) is 2. The zero-order valence-corrected chi connectivity index (χ0v) is 30.1. The van der Waals surface area contributed by atoms with Crippen LogP contribution < -0.4 is 9.80 Å². The lowest BCUT2D eigenvalue weighted by Gasteiger charge is -2.29. The molecule has 9 rings (SSSR count). The lowest BCUT2D eigenvalue weighted by atomic mass is 9.82. The van der Waals surface area contributed by atoms with Crippen LogP contribution in [0.15, 0.2) is 170 Å². The SMILES string of the molecule is CC1(C)c2ccccc2-c2ccc(N(c3ccccc3)c3ccc(-c4c(F)c(F)c(N(c5ccccc5)c5cccc6ccccc56)c(F)c4F)cc3)cc21. The summed E-state index contributed by atoms with van der Waals surface area (Å²) in [6.07, 6.45) is 0. The van der Waals surface area contributed by atoms with Gasteiger partial charge >= 0.3 is 0 Å². The van der Waals surface area contributed by atoms with Crippen LogP contribution in [0.5, 0.6) is 0 Å². The molecule has 0 N–H and O–H groups in total. The van der Waals surface area contributed by atoms with Gasteiger partial charge in [0.1, 0.15) is 5.69 Å². The van der Waals surface area contributed by atoms with Crippen molar-refractivity contribution in [3.05, 3.63) is 204 Å². The first kappa shape index (κ1) is 34.1. The Morgan fingerprint density at radius 2 is 0.945 bits per heavy atom. The minimum atomic E-state index is -1.50. The van der Waals surface area contributed by atoms with Crippen LogP contribution in [0.25, 0.3) is 33.0 Å². The van der Waals surface area contributed by atoms with E-state index in [0.717, 1.165) is 16.8 Å². The van der Waals surface area contributed by atoms with E-state index in [4.69, 9.17) is 0 Å². The van der Waals surface area contributed by atoms with E-state index in [1.165, 1.54) is 39.3 Å². The van der Waals surface area contributed by atoms with Crippen molar-refractivity contribution in [3.8, 4) is 22.3 Å². The molecule has 8 aromatic rings. The molecular weight excluding hydrogens is 693 g/mol. The number of para-hydroxylation sites is 2. The van der Waals surface area contributed by atoms with E-state index in [9.17, 15) is 0 Å². The van der Waals surface area contributed by atoms with Gasteiger partial charge in [-0.2, -0.15) is 0 Å². The van der Waals surface area contributed by atoms with Gasteiger partial charge in [-0.1, -0.05) is 129 Å². The van der Waals surface area contributed by atoms with Gasteiger partial charge in [0.2, 0.25) is 0 Å². The summed E-state index contributed by atoms with van der Waals surface area (Å²) in [6.45, 7) is 4.44. The first-order valence-corrected chi connectivity index (χ1v) is 18.1. The third-order valence-electron chi connectivity index (χ3n) is 10.7. The van der Waals surface area contributed by atoms with Gasteiger partial charge in [0.25, 0.3) is 0 Å². The molecule has 0 heterocycles. The first-order chi connectivity index (χ1) is 26.7. The summed E-state index contributed by atoms with van der Waals surface area (Å²) < 4.78 is 65.8. The Morgan fingerprint density at radius 1 is 0.418 bits per heavy atom. The van der Waals surface area contributed by atoms with E-state index >= 15 is 17.6 Å². The van der Waals surface area contributed by atoms with Gasteiger partial charge in [0.05, 0.1) is 11.3 Å². The molecule has 6 heteroatoms. The molecule has 8 aromatic carbocycles. The Balaban J connectivity index is 1.15. The van der Waals surface area contributed by atoms with Crippen LogP contribution in [0.2, 0.25) is 0 Å². The van der Waals surface area contributed by atoms with Crippen molar-refractivity contribution >= 4 is 44.9 Å². The molecule has 0 atom stereocenters. The average Bonchev–Trinajstić information content (AvgIpc) is 3.45. The highest BCUT2D eigenvalue weighted by Gasteiger charge is 2.36. The predicted octanol–water partition coefficient (Wildman–Crippen LogP) is 14.3. The Labute approximate surface area is 317 Å². The third-order valence-corrected chi connectivity index (χ3v) is 10.7. The predicted molar refractivity (Wildman–Crippen MR) is 216 cm³/mol. The van der Waals surface area contributed by atoms with Crippen molar-refractivity contribution < 1.29 is 17.6 Å². The second-order valence-corrected chi connectivity index (χ2v) is 14.3. The van der Waals surface area contributed by atoms with Gasteiger partial charge in [-0.3, -0.25) is 0 Å². The van der Waals surface area contributed by atoms with Crippen molar-refractivity contribution in [1.29, 1.82) is 0 Å². The monoisotopic (exact) mass is 726 g/mol. The number of halogens is 4. The van der Waals surface area contributed by atoms with E-state index in [1.807, 2.05) is 48.5 Å². The molecular formula is C49H34F4N2. The van der Waals surface area contributed by atoms with Gasteiger partial charge < -0.3 is 9.80 Å². The maximum Gasteiger partial charge on any atom is 0.186 e. The first-order valence-electron chi connectivity index (χ1n) is 18.1. The molecule has 0 bridgehead atoms.